The number of rotatable bonds is 64. The molecule has 2 aliphatic rings. The first-order valence-corrected chi connectivity index (χ1v) is 54.5. The SMILES string of the molecule is CCCCCCCCSc1cc2c(cc1SCCCCCCCC)-c1nc-2nc2[n-]c(nc3nc(nc4[n-]c(n1)c1cc(SCCCCCCCC)c(SCCCCCCCC)cc41)-c1cc(SCCCCCCCC)c(SCCCCCCCC)cc1-3)c1cc(SCCCCCCCC)c(SCCCCCCCC)cc21.[O]=[Ti+2]. The van der Waals surface area contributed by atoms with Crippen LogP contribution in [0.2, 0.25) is 0 Å². The number of hydrogen-bond acceptors (Lipinski definition) is 15. The Balaban J connectivity index is 0.00000807. The van der Waals surface area contributed by atoms with E-state index in [0.717, 1.165) is 110 Å². The van der Waals surface area contributed by atoms with Gasteiger partial charge in [0, 0.05) is 84.0 Å². The molecule has 626 valence electrons. The van der Waals surface area contributed by atoms with Crippen molar-refractivity contribution in [2.45, 2.75) is 403 Å². The summed E-state index contributed by atoms with van der Waals surface area (Å²) >= 11 is 17.0. The zero-order chi connectivity index (χ0) is 80.4. The van der Waals surface area contributed by atoms with Crippen LogP contribution in [0.1, 0.15) is 364 Å². The van der Waals surface area contributed by atoms with E-state index in [0.29, 0.717) is 45.9 Å². The topological polar surface area (TPSA) is 123 Å². The van der Waals surface area contributed by atoms with E-state index in [4.69, 9.17) is 43.2 Å². The Bertz CT molecular complexity index is 3540. The van der Waals surface area contributed by atoms with Crippen LogP contribution in [0.15, 0.2) is 87.7 Å². The molecule has 7 aromatic rings. The number of unbranched alkanes of at least 4 members (excludes halogenated alkanes) is 40. The standard InChI is InChI=1S/C96H144N8S8.O.Ti/c1-9-17-25-33-41-49-57-105-81-65-73-74(66-82(81)106-58-50-42-34-26-18-10-2)90-97-89(73)101-91-75-67-83(107-59-51-43-35-27-19-11-3)84(108-60-52-44-36-28-20-12-4)68-76(75)93(98-91)103-95-79-71-87(111-63-55-47-39-31-23-15-7)88(112-64-56-48-40-32-24-16-8)72-80(79)96(100-95)104-94-78-70-86(110-62-54-46-38-30-22-14-6)85(69-77(78)92(99-94)102-90)109-61-53-45-37-29-21-13-5;;/h65-72H,9-64H2,1-8H3;;/q-2;;+2. The maximum absolute atomic E-state index is 8.25. The van der Waals surface area contributed by atoms with E-state index in [9.17, 15) is 0 Å². The molecule has 0 N–H and O–H groups in total. The summed E-state index contributed by atoms with van der Waals surface area (Å²) in [6.45, 7) is 18.6. The van der Waals surface area contributed by atoms with Crippen LogP contribution in [0.3, 0.4) is 0 Å². The number of aromatic nitrogens is 8. The molecule has 114 heavy (non-hydrogen) atoms. The van der Waals surface area contributed by atoms with Gasteiger partial charge >= 0.3 is 23.7 Å². The number of fused-ring (bicyclic) bond motifs is 20. The van der Waals surface area contributed by atoms with E-state index in [-0.39, 0.29) is 0 Å². The minimum atomic E-state index is 0.657. The van der Waals surface area contributed by atoms with Gasteiger partial charge in [0.2, 0.25) is 0 Å². The number of thioether (sulfide) groups is 8. The molecule has 4 aromatic carbocycles. The molecule has 3 aromatic heterocycles. The minimum absolute atomic E-state index is 0.657. The molecular formula is C96H144N8OS8Ti. The number of nitrogens with zero attached hydrogens (tertiary/aromatic N) is 8. The Morgan fingerprint density at radius 3 is 0.500 bits per heavy atom. The molecule has 0 radical (unpaired) electrons. The Hall–Kier alpha value is -2.45. The first-order chi connectivity index (χ1) is 56.3. The fourth-order valence-electron chi connectivity index (χ4n) is 15.1. The molecule has 5 heterocycles. The second-order valence-corrected chi connectivity index (χ2v) is 40.9. The van der Waals surface area contributed by atoms with Gasteiger partial charge in [0.15, 0.2) is 0 Å². The van der Waals surface area contributed by atoms with Crippen molar-refractivity contribution >= 4 is 138 Å². The molecule has 0 spiro atoms. The fraction of sp³-hybridized carbons (Fsp3) is 0.667. The van der Waals surface area contributed by atoms with E-state index >= 15 is 0 Å². The summed E-state index contributed by atoms with van der Waals surface area (Å²) in [6.07, 6.45) is 61.5. The van der Waals surface area contributed by atoms with E-state index in [1.807, 2.05) is 94.1 Å². The van der Waals surface area contributed by atoms with Crippen molar-refractivity contribution < 1.29 is 23.7 Å². The second kappa shape index (κ2) is 59.3. The van der Waals surface area contributed by atoms with Crippen LogP contribution in [0, 0.1) is 0 Å². The normalized spacial score (nSPS) is 11.9. The molecule has 2 aliphatic heterocycles. The number of benzene rings is 4. The van der Waals surface area contributed by atoms with Gasteiger partial charge in [-0.3, -0.25) is 0 Å². The van der Waals surface area contributed by atoms with Gasteiger partial charge in [0.25, 0.3) is 0 Å². The van der Waals surface area contributed by atoms with Crippen LogP contribution < -0.4 is 9.97 Å². The maximum atomic E-state index is 8.25. The Kier molecular flexibility index (Phi) is 50.5. The molecule has 0 amide bonds. The van der Waals surface area contributed by atoms with Gasteiger partial charge in [0.05, 0.1) is 23.3 Å². The van der Waals surface area contributed by atoms with Gasteiger partial charge in [-0.25, -0.2) is 9.97 Å². The molecule has 9 nitrogen and oxygen atoms in total. The molecular weight excluding hydrogens is 1590 g/mol. The molecule has 0 saturated carbocycles. The fourth-order valence-corrected chi connectivity index (χ4v) is 24.3. The van der Waals surface area contributed by atoms with E-state index in [1.54, 1.807) is 0 Å². The zero-order valence-electron chi connectivity index (χ0n) is 72.0. The van der Waals surface area contributed by atoms with Crippen molar-refractivity contribution in [1.82, 2.24) is 39.9 Å². The van der Waals surface area contributed by atoms with Gasteiger partial charge in [-0.05, 0) is 167 Å². The van der Waals surface area contributed by atoms with E-state index in [1.165, 1.54) is 347 Å². The monoisotopic (exact) mass is 1730 g/mol. The average molecular weight is 1730 g/mol. The first kappa shape index (κ1) is 97.0. The summed E-state index contributed by atoms with van der Waals surface area (Å²) in [7, 11) is 0. The summed E-state index contributed by atoms with van der Waals surface area (Å²) < 4.78 is 8.25. The first-order valence-electron chi connectivity index (χ1n) is 46.0. The van der Waals surface area contributed by atoms with Crippen molar-refractivity contribution in [2.24, 2.45) is 0 Å². The van der Waals surface area contributed by atoms with E-state index < -0.39 is 0 Å². The Labute approximate surface area is 737 Å². The zero-order valence-corrected chi connectivity index (χ0v) is 80.1. The van der Waals surface area contributed by atoms with Crippen LogP contribution in [0.25, 0.3) is 89.7 Å². The predicted octanol–water partition coefficient (Wildman–Crippen LogP) is 33.6. The molecule has 0 atom stereocenters. The van der Waals surface area contributed by atoms with Gasteiger partial charge in [-0.1, -0.05) is 312 Å². The van der Waals surface area contributed by atoms with Gasteiger partial charge in [-0.2, -0.15) is 0 Å². The van der Waals surface area contributed by atoms with Crippen LogP contribution >= 0.6 is 94.1 Å². The Morgan fingerprint density at radius 1 is 0.202 bits per heavy atom. The van der Waals surface area contributed by atoms with Crippen molar-refractivity contribution in [1.29, 1.82) is 0 Å². The average Bonchev–Trinajstić information content (AvgIpc) is 1.59. The van der Waals surface area contributed by atoms with Crippen molar-refractivity contribution in [3.8, 4) is 45.6 Å². The molecule has 0 fully saturated rings. The summed E-state index contributed by atoms with van der Waals surface area (Å²) in [5, 5.41) is 4.07. The molecule has 8 bridgehead atoms. The van der Waals surface area contributed by atoms with Crippen molar-refractivity contribution in [2.75, 3.05) is 46.0 Å². The molecule has 9 rings (SSSR count). The van der Waals surface area contributed by atoms with Crippen LogP contribution in [0.4, 0.5) is 0 Å². The van der Waals surface area contributed by atoms with E-state index in [2.05, 4.69) is 104 Å². The second-order valence-electron chi connectivity index (χ2n) is 31.8. The third-order valence-electron chi connectivity index (χ3n) is 22.0. The summed E-state index contributed by atoms with van der Waals surface area (Å²) in [5.74, 6) is 11.3. The van der Waals surface area contributed by atoms with Crippen molar-refractivity contribution in [3.05, 3.63) is 48.5 Å². The molecule has 18 heteroatoms. The summed E-state index contributed by atoms with van der Waals surface area (Å²) in [4.78, 5) is 56.8. The third-order valence-corrected chi connectivity index (χ3v) is 31.7. The van der Waals surface area contributed by atoms with Gasteiger partial charge in [0.1, 0.15) is 0 Å². The van der Waals surface area contributed by atoms with Gasteiger partial charge in [-0.15, -0.1) is 94.1 Å². The molecule has 0 saturated heterocycles. The predicted molar refractivity (Wildman–Crippen MR) is 507 cm³/mol. The Morgan fingerprint density at radius 2 is 0.342 bits per heavy atom. The van der Waals surface area contributed by atoms with Crippen LogP contribution in [0.5, 0.6) is 0 Å². The van der Waals surface area contributed by atoms with Crippen LogP contribution in [-0.2, 0) is 23.7 Å². The summed E-state index contributed by atoms with van der Waals surface area (Å²) in [5.41, 5.74) is 6.70. The van der Waals surface area contributed by atoms with Crippen molar-refractivity contribution in [3.63, 3.8) is 0 Å². The van der Waals surface area contributed by atoms with Gasteiger partial charge < -0.3 is 29.9 Å². The molecule has 0 unspecified atom stereocenters. The molecule has 0 aliphatic carbocycles. The van der Waals surface area contributed by atoms with Crippen LogP contribution in [-0.4, -0.2) is 75.9 Å². The summed E-state index contributed by atoms with van der Waals surface area (Å²) in [6, 6.07) is 19.6. The quantitative estimate of drug-likeness (QED) is 0.0204. The number of hydrogen-bond donors (Lipinski definition) is 0. The third kappa shape index (κ3) is 33.1.